The van der Waals surface area contributed by atoms with Gasteiger partial charge < -0.3 is 5.11 Å². The monoisotopic (exact) mass is 329 g/mol. The van der Waals surface area contributed by atoms with E-state index in [1.165, 1.54) is 0 Å². The van der Waals surface area contributed by atoms with Gasteiger partial charge in [0.15, 0.2) is 5.60 Å². The number of rotatable bonds is 3. The number of piperidine rings is 1. The molecule has 0 spiro atoms. The van der Waals surface area contributed by atoms with Gasteiger partial charge in [-0.05, 0) is 31.6 Å². The van der Waals surface area contributed by atoms with Gasteiger partial charge in [-0.1, -0.05) is 19.3 Å². The zero-order valence-electron chi connectivity index (χ0n) is 11.9. The molecule has 0 bridgehead atoms. The van der Waals surface area contributed by atoms with E-state index in [9.17, 15) is 26.7 Å². The summed E-state index contributed by atoms with van der Waals surface area (Å²) in [5.74, 6) is 0.143. The molecule has 1 aliphatic carbocycles. The van der Waals surface area contributed by atoms with Crippen molar-refractivity contribution in [1.29, 1.82) is 0 Å². The van der Waals surface area contributed by atoms with E-state index < -0.39 is 34.6 Å². The Kier molecular flexibility index (Phi) is 4.90. The fourth-order valence-electron chi connectivity index (χ4n) is 3.17. The third-order valence-electron chi connectivity index (χ3n) is 4.64. The van der Waals surface area contributed by atoms with Gasteiger partial charge in [-0.3, -0.25) is 0 Å². The molecule has 4 nitrogen and oxygen atoms in total. The number of hydrogen-bond donors (Lipinski definition) is 1. The van der Waals surface area contributed by atoms with Crippen molar-refractivity contribution in [2.45, 2.75) is 56.7 Å². The smallest absolute Gasteiger partial charge is 0.380 e. The molecule has 2 fully saturated rings. The number of hydrogen-bond acceptors (Lipinski definition) is 3. The Morgan fingerprint density at radius 2 is 1.62 bits per heavy atom. The predicted molar refractivity (Wildman–Crippen MR) is 72.2 cm³/mol. The van der Waals surface area contributed by atoms with Gasteiger partial charge in [-0.15, -0.1) is 0 Å². The summed E-state index contributed by atoms with van der Waals surface area (Å²) in [6.45, 7) is -0.518. The highest BCUT2D eigenvalue weighted by Crippen LogP contribution is 2.39. The molecule has 8 heteroatoms. The van der Waals surface area contributed by atoms with Crippen LogP contribution in [0.5, 0.6) is 0 Å². The van der Waals surface area contributed by atoms with Crippen molar-refractivity contribution in [3.8, 4) is 0 Å². The van der Waals surface area contributed by atoms with Crippen LogP contribution < -0.4 is 0 Å². The molecular weight excluding hydrogens is 307 g/mol. The van der Waals surface area contributed by atoms with Crippen LogP contribution in [-0.2, 0) is 10.0 Å². The van der Waals surface area contributed by atoms with Crippen LogP contribution in [0.25, 0.3) is 0 Å². The highest BCUT2D eigenvalue weighted by Gasteiger charge is 2.55. The molecule has 1 heterocycles. The Labute approximate surface area is 123 Å². The van der Waals surface area contributed by atoms with Gasteiger partial charge in [-0.25, -0.2) is 12.7 Å². The first-order valence-corrected chi connectivity index (χ1v) is 9.02. The van der Waals surface area contributed by atoms with Crippen molar-refractivity contribution in [1.82, 2.24) is 4.31 Å². The maximum Gasteiger partial charge on any atom is 0.417 e. The van der Waals surface area contributed by atoms with E-state index in [1.54, 1.807) is 0 Å². The van der Waals surface area contributed by atoms with Crippen LogP contribution in [0.15, 0.2) is 0 Å². The number of sulfonamides is 1. The van der Waals surface area contributed by atoms with Crippen LogP contribution in [0, 0.1) is 5.92 Å². The summed E-state index contributed by atoms with van der Waals surface area (Å²) in [6, 6.07) is 0. The van der Waals surface area contributed by atoms with Gasteiger partial charge in [-0.2, -0.15) is 13.2 Å². The van der Waals surface area contributed by atoms with E-state index in [1.807, 2.05) is 0 Å². The molecule has 124 valence electrons. The van der Waals surface area contributed by atoms with Gasteiger partial charge in [0.2, 0.25) is 10.0 Å². The predicted octanol–water partition coefficient (Wildman–Crippen LogP) is 2.29. The van der Waals surface area contributed by atoms with Crippen LogP contribution in [-0.4, -0.2) is 48.4 Å². The molecular formula is C13H22F3NO3S. The van der Waals surface area contributed by atoms with Gasteiger partial charge in [0.25, 0.3) is 0 Å². The summed E-state index contributed by atoms with van der Waals surface area (Å²) in [4.78, 5) is 0. The van der Waals surface area contributed by atoms with E-state index in [0.717, 1.165) is 36.4 Å². The van der Waals surface area contributed by atoms with Crippen LogP contribution >= 0.6 is 0 Å². The third-order valence-corrected chi connectivity index (χ3v) is 6.69. The number of alkyl halides is 3. The molecule has 2 aliphatic rings. The molecule has 0 aromatic carbocycles. The topological polar surface area (TPSA) is 57.6 Å². The molecule has 21 heavy (non-hydrogen) atoms. The second kappa shape index (κ2) is 6.04. The first-order valence-electron chi connectivity index (χ1n) is 7.41. The number of halogens is 3. The summed E-state index contributed by atoms with van der Waals surface area (Å²) in [5, 5.41) is 9.57. The summed E-state index contributed by atoms with van der Waals surface area (Å²) in [5.41, 5.74) is -2.75. The lowest BCUT2D eigenvalue weighted by molar-refractivity contribution is -0.270. The Balaban J connectivity index is 1.94. The average Bonchev–Trinajstić information content (AvgIpc) is 2.38. The molecule has 1 saturated carbocycles. The lowest BCUT2D eigenvalue weighted by Gasteiger charge is -2.39. The second-order valence-corrected chi connectivity index (χ2v) is 8.22. The Morgan fingerprint density at radius 1 is 1.10 bits per heavy atom. The summed E-state index contributed by atoms with van der Waals surface area (Å²) < 4.78 is 63.8. The summed E-state index contributed by atoms with van der Waals surface area (Å²) in [7, 11) is -3.52. The van der Waals surface area contributed by atoms with Crippen molar-refractivity contribution < 1.29 is 26.7 Å². The zero-order valence-corrected chi connectivity index (χ0v) is 12.7. The van der Waals surface area contributed by atoms with Gasteiger partial charge in [0, 0.05) is 13.1 Å². The lowest BCUT2D eigenvalue weighted by atomic mass is 9.91. The Hall–Kier alpha value is -0.340. The number of nitrogens with zero attached hydrogens (tertiary/aromatic N) is 1. The maximum absolute atomic E-state index is 12.7. The molecule has 0 amide bonds. The SMILES string of the molecule is O=S(=O)(CC1CCCCC1)N1CCC(O)(C(F)(F)F)CC1. The standard InChI is InChI=1S/C13H22F3NO3S/c14-13(15,16)12(18)6-8-17(9-7-12)21(19,20)10-11-4-2-1-3-5-11/h11,18H,1-10H2. The highest BCUT2D eigenvalue weighted by atomic mass is 32.2. The minimum Gasteiger partial charge on any atom is -0.380 e. The fraction of sp³-hybridized carbons (Fsp3) is 1.00. The molecule has 0 aromatic rings. The molecule has 0 unspecified atom stereocenters. The van der Waals surface area contributed by atoms with Crippen molar-refractivity contribution in [3.63, 3.8) is 0 Å². The summed E-state index contributed by atoms with van der Waals surface area (Å²) >= 11 is 0. The normalized spacial score (nSPS) is 25.9. The molecule has 1 N–H and O–H groups in total. The van der Waals surface area contributed by atoms with Gasteiger partial charge >= 0.3 is 6.18 Å². The first kappa shape index (κ1) is 17.0. The van der Waals surface area contributed by atoms with Gasteiger partial charge in [0.05, 0.1) is 5.75 Å². The van der Waals surface area contributed by atoms with Crippen LogP contribution in [0.4, 0.5) is 13.2 Å². The van der Waals surface area contributed by atoms with E-state index in [2.05, 4.69) is 0 Å². The van der Waals surface area contributed by atoms with Crippen molar-refractivity contribution in [2.75, 3.05) is 18.8 Å². The third kappa shape index (κ3) is 3.90. The highest BCUT2D eigenvalue weighted by molar-refractivity contribution is 7.89. The van der Waals surface area contributed by atoms with E-state index in [0.29, 0.717) is 0 Å². The van der Waals surface area contributed by atoms with Crippen LogP contribution in [0.2, 0.25) is 0 Å². The summed E-state index contributed by atoms with van der Waals surface area (Å²) in [6.07, 6.45) is -0.951. The van der Waals surface area contributed by atoms with Crippen LogP contribution in [0.3, 0.4) is 0 Å². The van der Waals surface area contributed by atoms with Crippen molar-refractivity contribution in [2.24, 2.45) is 5.92 Å². The van der Waals surface area contributed by atoms with Crippen LogP contribution in [0.1, 0.15) is 44.9 Å². The van der Waals surface area contributed by atoms with E-state index in [4.69, 9.17) is 0 Å². The van der Waals surface area contributed by atoms with E-state index in [-0.39, 0.29) is 24.8 Å². The molecule has 1 saturated heterocycles. The van der Waals surface area contributed by atoms with Crippen molar-refractivity contribution in [3.05, 3.63) is 0 Å². The van der Waals surface area contributed by atoms with Gasteiger partial charge in [0.1, 0.15) is 0 Å². The average molecular weight is 329 g/mol. The minimum atomic E-state index is -4.70. The zero-order chi connectivity index (χ0) is 15.7. The quantitative estimate of drug-likeness (QED) is 0.864. The fourth-order valence-corrected chi connectivity index (χ4v) is 5.05. The lowest BCUT2D eigenvalue weighted by Crippen LogP contribution is -2.54. The molecule has 1 aliphatic heterocycles. The Morgan fingerprint density at radius 3 is 2.10 bits per heavy atom. The first-order chi connectivity index (χ1) is 9.64. The largest absolute Gasteiger partial charge is 0.417 e. The Bertz CT molecular complexity index is 450. The molecule has 0 radical (unpaired) electrons. The van der Waals surface area contributed by atoms with Crippen molar-refractivity contribution >= 4 is 10.0 Å². The minimum absolute atomic E-state index is 0.0252. The molecule has 2 rings (SSSR count). The molecule has 0 aromatic heterocycles. The second-order valence-electron chi connectivity index (χ2n) is 6.21. The number of aliphatic hydroxyl groups is 1. The molecule has 0 atom stereocenters. The van der Waals surface area contributed by atoms with E-state index >= 15 is 0 Å². The maximum atomic E-state index is 12.7.